The number of fused-ring (bicyclic) bond motifs is 6. The zero-order valence-electron chi connectivity index (χ0n) is 27.4. The number of hydrogen-bond donors (Lipinski definition) is 0. The molecule has 0 fully saturated rings. The van der Waals surface area contributed by atoms with E-state index in [1.807, 2.05) is 36.4 Å². The molecule has 0 atom stereocenters. The van der Waals surface area contributed by atoms with E-state index in [-0.39, 0.29) is 0 Å². The average molecular weight is 656 g/mol. The first kappa shape index (κ1) is 29.0. The Morgan fingerprint density at radius 1 is 0.373 bits per heavy atom. The van der Waals surface area contributed by atoms with Gasteiger partial charge in [0, 0.05) is 34.5 Å². The normalized spacial score (nSPS) is 11.5. The average Bonchev–Trinajstić information content (AvgIpc) is 3.77. The van der Waals surface area contributed by atoms with Crippen molar-refractivity contribution in [3.63, 3.8) is 0 Å². The van der Waals surface area contributed by atoms with Crippen LogP contribution in [0.3, 0.4) is 0 Å². The van der Waals surface area contributed by atoms with Crippen LogP contribution in [0.15, 0.2) is 185 Å². The Morgan fingerprint density at radius 2 is 0.961 bits per heavy atom. The van der Waals surface area contributed by atoms with Crippen LogP contribution in [0.1, 0.15) is 0 Å². The van der Waals surface area contributed by atoms with Crippen molar-refractivity contribution in [1.29, 1.82) is 0 Å². The molecule has 0 N–H and O–H groups in total. The molecule has 0 radical (unpaired) electrons. The lowest BCUT2D eigenvalue weighted by Crippen LogP contribution is -2.10. The first-order chi connectivity index (χ1) is 25.3. The molecule has 4 aromatic heterocycles. The van der Waals surface area contributed by atoms with Crippen molar-refractivity contribution in [2.75, 3.05) is 4.90 Å². The van der Waals surface area contributed by atoms with Gasteiger partial charge in [0.2, 0.25) is 11.4 Å². The number of benzene rings is 6. The Morgan fingerprint density at radius 3 is 1.67 bits per heavy atom. The van der Waals surface area contributed by atoms with Crippen molar-refractivity contribution in [2.24, 2.45) is 0 Å². The highest BCUT2D eigenvalue weighted by atomic mass is 16.3. The summed E-state index contributed by atoms with van der Waals surface area (Å²) in [6.45, 7) is 0. The summed E-state index contributed by atoms with van der Waals surface area (Å²) in [7, 11) is 0. The maximum atomic E-state index is 6.30. The maximum Gasteiger partial charge on any atom is 0.227 e. The van der Waals surface area contributed by atoms with Crippen LogP contribution in [-0.4, -0.2) is 9.97 Å². The largest absolute Gasteiger partial charge is 0.438 e. The zero-order valence-corrected chi connectivity index (χ0v) is 27.4. The van der Waals surface area contributed by atoms with E-state index in [0.717, 1.165) is 72.0 Å². The Labute approximate surface area is 293 Å². The van der Waals surface area contributed by atoms with Crippen molar-refractivity contribution in [3.8, 4) is 33.4 Å². The fourth-order valence-corrected chi connectivity index (χ4v) is 7.18. The monoisotopic (exact) mass is 655 g/mol. The molecule has 0 aliphatic carbocycles. The van der Waals surface area contributed by atoms with Gasteiger partial charge < -0.3 is 13.7 Å². The Balaban J connectivity index is 1.24. The zero-order chi connectivity index (χ0) is 33.7. The topological polar surface area (TPSA) is 55.3 Å². The number of pyridine rings is 2. The summed E-state index contributed by atoms with van der Waals surface area (Å²) in [6.07, 6.45) is 3.53. The first-order valence-corrected chi connectivity index (χ1v) is 17.0. The molecule has 0 amide bonds. The molecule has 0 aliphatic heterocycles. The molecule has 5 heteroatoms. The van der Waals surface area contributed by atoms with E-state index >= 15 is 0 Å². The van der Waals surface area contributed by atoms with Gasteiger partial charge in [0.15, 0.2) is 0 Å². The van der Waals surface area contributed by atoms with E-state index < -0.39 is 0 Å². The smallest absolute Gasteiger partial charge is 0.227 e. The van der Waals surface area contributed by atoms with Gasteiger partial charge in [-0.25, -0.2) is 9.97 Å². The van der Waals surface area contributed by atoms with Gasteiger partial charge in [-0.15, -0.1) is 0 Å². The fraction of sp³-hybridized carbons (Fsp3) is 0. The van der Waals surface area contributed by atoms with Crippen LogP contribution in [0, 0.1) is 0 Å². The lowest BCUT2D eigenvalue weighted by atomic mass is 9.95. The Bertz CT molecular complexity index is 2860. The number of rotatable bonds is 6. The molecule has 51 heavy (non-hydrogen) atoms. The highest BCUT2D eigenvalue weighted by Crippen LogP contribution is 2.46. The minimum absolute atomic E-state index is 0.611. The SMILES string of the molecule is c1ccc(-c2ccc(-c3cc(-c4ccccc4)cc(N(c4ccc5oc6ncccc6c5c4)c4cccc5oc6ncccc6c45)c3)cc2)cc1. The molecule has 0 spiro atoms. The summed E-state index contributed by atoms with van der Waals surface area (Å²) in [5.74, 6) is 0. The summed E-state index contributed by atoms with van der Waals surface area (Å²) < 4.78 is 12.5. The molecule has 10 rings (SSSR count). The van der Waals surface area contributed by atoms with Crippen molar-refractivity contribution >= 4 is 61.2 Å². The minimum Gasteiger partial charge on any atom is -0.438 e. The molecule has 0 unspecified atom stereocenters. The van der Waals surface area contributed by atoms with Gasteiger partial charge in [0.05, 0.1) is 16.5 Å². The van der Waals surface area contributed by atoms with Crippen LogP contribution < -0.4 is 4.90 Å². The highest BCUT2D eigenvalue weighted by molar-refractivity contribution is 6.13. The number of nitrogens with zero attached hydrogens (tertiary/aromatic N) is 3. The van der Waals surface area contributed by atoms with Crippen LogP contribution in [0.25, 0.3) is 77.5 Å². The van der Waals surface area contributed by atoms with Gasteiger partial charge in [-0.2, -0.15) is 0 Å². The van der Waals surface area contributed by atoms with Gasteiger partial charge in [0.25, 0.3) is 0 Å². The molecule has 4 heterocycles. The van der Waals surface area contributed by atoms with E-state index in [1.165, 1.54) is 11.1 Å². The van der Waals surface area contributed by atoms with E-state index in [2.05, 4.69) is 142 Å². The van der Waals surface area contributed by atoms with Crippen molar-refractivity contribution in [2.45, 2.75) is 0 Å². The second-order valence-electron chi connectivity index (χ2n) is 12.7. The molecule has 240 valence electrons. The maximum absolute atomic E-state index is 6.30. The predicted octanol–water partition coefficient (Wildman–Crippen LogP) is 12.7. The molecule has 6 aromatic carbocycles. The van der Waals surface area contributed by atoms with Crippen LogP contribution in [0.4, 0.5) is 17.1 Å². The molecular formula is C46H29N3O2. The molecule has 0 saturated heterocycles. The Hall–Kier alpha value is -6.98. The third-order valence-corrected chi connectivity index (χ3v) is 9.59. The number of aromatic nitrogens is 2. The summed E-state index contributed by atoms with van der Waals surface area (Å²) in [5, 5.41) is 3.94. The first-order valence-electron chi connectivity index (χ1n) is 17.0. The highest BCUT2D eigenvalue weighted by Gasteiger charge is 2.22. The summed E-state index contributed by atoms with van der Waals surface area (Å²) >= 11 is 0. The minimum atomic E-state index is 0.611. The van der Waals surface area contributed by atoms with E-state index in [4.69, 9.17) is 8.83 Å². The number of anilines is 3. The van der Waals surface area contributed by atoms with Gasteiger partial charge in [-0.1, -0.05) is 91.0 Å². The van der Waals surface area contributed by atoms with Crippen molar-refractivity contribution in [1.82, 2.24) is 9.97 Å². The standard InChI is InChI=1S/C46H29N3O2/c1-3-10-30(11-4-1)32-18-20-33(21-19-32)35-26-34(31-12-5-2-6-13-31)27-37(28-35)49(36-22-23-42-40(29-36)38-14-8-24-47-45(38)50-42)41-16-7-17-43-44(41)39-15-9-25-48-46(39)51-43/h1-29H. The van der Waals surface area contributed by atoms with Gasteiger partial charge in [-0.3, -0.25) is 0 Å². The van der Waals surface area contributed by atoms with Crippen LogP contribution in [0.5, 0.6) is 0 Å². The van der Waals surface area contributed by atoms with Crippen LogP contribution >= 0.6 is 0 Å². The third-order valence-electron chi connectivity index (χ3n) is 9.59. The van der Waals surface area contributed by atoms with Crippen molar-refractivity contribution < 1.29 is 8.83 Å². The van der Waals surface area contributed by atoms with Crippen LogP contribution in [-0.2, 0) is 0 Å². The second-order valence-corrected chi connectivity index (χ2v) is 12.7. The molecule has 0 bridgehead atoms. The molecule has 0 aliphatic rings. The van der Waals surface area contributed by atoms with E-state index in [0.29, 0.717) is 11.4 Å². The lowest BCUT2D eigenvalue weighted by Gasteiger charge is -2.27. The summed E-state index contributed by atoms with van der Waals surface area (Å²) in [5.41, 5.74) is 12.7. The second kappa shape index (κ2) is 11.9. The molecule has 0 saturated carbocycles. The van der Waals surface area contributed by atoms with Gasteiger partial charge in [-0.05, 0) is 106 Å². The molecular weight excluding hydrogens is 627 g/mol. The summed E-state index contributed by atoms with van der Waals surface area (Å²) in [6, 6.07) is 57.4. The van der Waals surface area contributed by atoms with Crippen molar-refractivity contribution in [3.05, 3.63) is 176 Å². The molecule has 10 aromatic rings. The predicted molar refractivity (Wildman–Crippen MR) is 208 cm³/mol. The Kier molecular flexibility index (Phi) is 6.74. The quantitative estimate of drug-likeness (QED) is 0.178. The number of furan rings is 2. The molecule has 5 nitrogen and oxygen atoms in total. The fourth-order valence-electron chi connectivity index (χ4n) is 7.18. The third kappa shape index (κ3) is 5.03. The van der Waals surface area contributed by atoms with Gasteiger partial charge >= 0.3 is 0 Å². The van der Waals surface area contributed by atoms with Gasteiger partial charge in [0.1, 0.15) is 11.2 Å². The summed E-state index contributed by atoms with van der Waals surface area (Å²) in [4.78, 5) is 11.4. The van der Waals surface area contributed by atoms with E-state index in [1.54, 1.807) is 12.4 Å². The number of hydrogen-bond acceptors (Lipinski definition) is 5. The van der Waals surface area contributed by atoms with Crippen LogP contribution in [0.2, 0.25) is 0 Å². The van der Waals surface area contributed by atoms with E-state index in [9.17, 15) is 0 Å². The lowest BCUT2D eigenvalue weighted by molar-refractivity contribution is 0.653.